The fourth-order valence-electron chi connectivity index (χ4n) is 2.81. The zero-order valence-corrected chi connectivity index (χ0v) is 13.2. The van der Waals surface area contributed by atoms with Crippen molar-refractivity contribution in [1.29, 1.82) is 0 Å². The summed E-state index contributed by atoms with van der Waals surface area (Å²) < 4.78 is 0. The Labute approximate surface area is 135 Å². The van der Waals surface area contributed by atoms with Crippen molar-refractivity contribution >= 4 is 28.9 Å². The highest BCUT2D eigenvalue weighted by molar-refractivity contribution is 5.89. The van der Waals surface area contributed by atoms with Gasteiger partial charge in [-0.1, -0.05) is 18.9 Å². The largest absolute Gasteiger partial charge is 0.367 e. The lowest BCUT2D eigenvalue weighted by Crippen LogP contribution is -2.15. The summed E-state index contributed by atoms with van der Waals surface area (Å²) >= 11 is 0. The second-order valence-corrected chi connectivity index (χ2v) is 5.80. The van der Waals surface area contributed by atoms with Crippen LogP contribution in [0, 0.1) is 0 Å². The molecule has 1 saturated carbocycles. The fourth-order valence-corrected chi connectivity index (χ4v) is 2.81. The highest BCUT2D eigenvalue weighted by Crippen LogP contribution is 2.23. The zero-order valence-electron chi connectivity index (χ0n) is 13.2. The number of benzene rings is 1. The first-order chi connectivity index (χ1) is 11.2. The van der Waals surface area contributed by atoms with Gasteiger partial charge in [0, 0.05) is 30.4 Å². The number of amides is 1. The summed E-state index contributed by atoms with van der Waals surface area (Å²) in [4.78, 5) is 19.7. The summed E-state index contributed by atoms with van der Waals surface area (Å²) in [6.07, 6.45) is 6.52. The van der Waals surface area contributed by atoms with Crippen LogP contribution in [0.15, 0.2) is 36.7 Å². The lowest BCUT2D eigenvalue weighted by atomic mass is 10.2. The monoisotopic (exact) mass is 311 g/mol. The Morgan fingerprint density at radius 1 is 1.09 bits per heavy atom. The third-order valence-corrected chi connectivity index (χ3v) is 3.83. The Bertz CT molecular complexity index is 682. The molecule has 6 nitrogen and oxygen atoms in total. The first-order valence-electron chi connectivity index (χ1n) is 7.92. The summed E-state index contributed by atoms with van der Waals surface area (Å²) in [5, 5.41) is 9.46. The van der Waals surface area contributed by atoms with Crippen molar-refractivity contribution in [3.8, 4) is 0 Å². The molecule has 1 aromatic heterocycles. The first kappa shape index (κ1) is 15.3. The number of nitrogens with zero attached hydrogens (tertiary/aromatic N) is 2. The van der Waals surface area contributed by atoms with Crippen molar-refractivity contribution in [3.63, 3.8) is 0 Å². The molecule has 3 rings (SSSR count). The molecular weight excluding hydrogens is 290 g/mol. The van der Waals surface area contributed by atoms with E-state index >= 15 is 0 Å². The predicted molar refractivity (Wildman–Crippen MR) is 91.9 cm³/mol. The van der Waals surface area contributed by atoms with Gasteiger partial charge in [-0.3, -0.25) is 4.79 Å². The standard InChI is InChI=1S/C17H21N5O/c1-12(23)20-14-7-4-8-15(9-14)22-17-10-16(18-11-19-17)21-13-5-2-3-6-13/h4,7-11,13H,2-3,5-6H2,1H3,(H,20,23)(H2,18,19,21,22). The van der Waals surface area contributed by atoms with E-state index in [0.29, 0.717) is 6.04 Å². The first-order valence-corrected chi connectivity index (χ1v) is 7.92. The van der Waals surface area contributed by atoms with E-state index in [9.17, 15) is 4.79 Å². The Morgan fingerprint density at radius 2 is 1.83 bits per heavy atom. The molecule has 0 bridgehead atoms. The van der Waals surface area contributed by atoms with Gasteiger partial charge >= 0.3 is 0 Å². The summed E-state index contributed by atoms with van der Waals surface area (Å²) in [5.74, 6) is 1.47. The Morgan fingerprint density at radius 3 is 2.61 bits per heavy atom. The van der Waals surface area contributed by atoms with E-state index in [1.54, 1.807) is 6.33 Å². The summed E-state index contributed by atoms with van der Waals surface area (Å²) in [6.45, 7) is 1.49. The Balaban J connectivity index is 1.68. The molecular formula is C17H21N5O. The summed E-state index contributed by atoms with van der Waals surface area (Å²) in [6, 6.07) is 9.95. The van der Waals surface area contributed by atoms with Crippen LogP contribution in [0.3, 0.4) is 0 Å². The maximum Gasteiger partial charge on any atom is 0.221 e. The Hall–Kier alpha value is -2.63. The molecule has 1 fully saturated rings. The summed E-state index contributed by atoms with van der Waals surface area (Å²) in [7, 11) is 0. The Kier molecular flexibility index (Phi) is 4.71. The van der Waals surface area contributed by atoms with E-state index in [-0.39, 0.29) is 5.91 Å². The molecule has 0 spiro atoms. The van der Waals surface area contributed by atoms with Gasteiger partial charge < -0.3 is 16.0 Å². The SMILES string of the molecule is CC(=O)Nc1cccc(Nc2cc(NC3CCCC3)ncn2)c1. The maximum atomic E-state index is 11.1. The van der Waals surface area contributed by atoms with Crippen LogP contribution in [0.25, 0.3) is 0 Å². The fraction of sp³-hybridized carbons (Fsp3) is 0.353. The molecule has 3 N–H and O–H groups in total. The van der Waals surface area contributed by atoms with Crippen LogP contribution in [-0.4, -0.2) is 21.9 Å². The van der Waals surface area contributed by atoms with Crippen molar-refractivity contribution in [1.82, 2.24) is 9.97 Å². The molecule has 1 amide bonds. The van der Waals surface area contributed by atoms with Crippen LogP contribution in [0.4, 0.5) is 23.0 Å². The zero-order chi connectivity index (χ0) is 16.1. The minimum absolute atomic E-state index is 0.0905. The molecule has 6 heteroatoms. The number of hydrogen-bond acceptors (Lipinski definition) is 5. The van der Waals surface area contributed by atoms with Gasteiger partial charge in [0.2, 0.25) is 5.91 Å². The van der Waals surface area contributed by atoms with E-state index in [0.717, 1.165) is 23.0 Å². The minimum Gasteiger partial charge on any atom is -0.367 e. The number of carbonyl (C=O) groups is 1. The van der Waals surface area contributed by atoms with E-state index < -0.39 is 0 Å². The topological polar surface area (TPSA) is 78.9 Å². The molecule has 0 unspecified atom stereocenters. The predicted octanol–water partition coefficient (Wildman–Crippen LogP) is 3.53. The van der Waals surface area contributed by atoms with Gasteiger partial charge in [-0.05, 0) is 31.0 Å². The van der Waals surface area contributed by atoms with Gasteiger partial charge in [0.1, 0.15) is 18.0 Å². The molecule has 0 aliphatic heterocycles. The smallest absolute Gasteiger partial charge is 0.221 e. The van der Waals surface area contributed by atoms with Crippen LogP contribution in [-0.2, 0) is 4.79 Å². The number of hydrogen-bond donors (Lipinski definition) is 3. The third kappa shape index (κ3) is 4.42. The molecule has 1 aliphatic rings. The van der Waals surface area contributed by atoms with Crippen LogP contribution < -0.4 is 16.0 Å². The highest BCUT2D eigenvalue weighted by Gasteiger charge is 2.15. The van der Waals surface area contributed by atoms with Crippen LogP contribution >= 0.6 is 0 Å². The number of carbonyl (C=O) groups excluding carboxylic acids is 1. The normalized spacial score (nSPS) is 14.5. The van der Waals surface area contributed by atoms with E-state index in [1.165, 1.54) is 32.6 Å². The van der Waals surface area contributed by atoms with Crippen molar-refractivity contribution in [2.45, 2.75) is 38.6 Å². The van der Waals surface area contributed by atoms with Crippen LogP contribution in [0.2, 0.25) is 0 Å². The molecule has 0 radical (unpaired) electrons. The van der Waals surface area contributed by atoms with Gasteiger partial charge in [0.15, 0.2) is 0 Å². The highest BCUT2D eigenvalue weighted by atomic mass is 16.1. The molecule has 0 saturated heterocycles. The molecule has 1 aromatic carbocycles. The molecule has 2 aromatic rings. The second-order valence-electron chi connectivity index (χ2n) is 5.80. The van der Waals surface area contributed by atoms with Gasteiger partial charge in [-0.25, -0.2) is 9.97 Å². The molecule has 1 heterocycles. The lowest BCUT2D eigenvalue weighted by molar-refractivity contribution is -0.114. The van der Waals surface area contributed by atoms with Gasteiger partial charge in [0.25, 0.3) is 0 Å². The number of anilines is 4. The van der Waals surface area contributed by atoms with Gasteiger partial charge in [0.05, 0.1) is 0 Å². The number of nitrogens with one attached hydrogen (secondary N) is 3. The molecule has 0 atom stereocenters. The number of aromatic nitrogens is 2. The maximum absolute atomic E-state index is 11.1. The third-order valence-electron chi connectivity index (χ3n) is 3.83. The molecule has 120 valence electrons. The van der Waals surface area contributed by atoms with Crippen LogP contribution in [0.1, 0.15) is 32.6 Å². The van der Waals surface area contributed by atoms with E-state index in [1.807, 2.05) is 30.3 Å². The second kappa shape index (κ2) is 7.09. The van der Waals surface area contributed by atoms with Crippen LogP contribution in [0.5, 0.6) is 0 Å². The van der Waals surface area contributed by atoms with E-state index in [2.05, 4.69) is 25.9 Å². The summed E-state index contributed by atoms with van der Waals surface area (Å²) in [5.41, 5.74) is 1.61. The minimum atomic E-state index is -0.0905. The van der Waals surface area contributed by atoms with Crippen molar-refractivity contribution in [3.05, 3.63) is 36.7 Å². The average Bonchev–Trinajstić information content (AvgIpc) is 3.00. The van der Waals surface area contributed by atoms with E-state index in [4.69, 9.17) is 0 Å². The molecule has 1 aliphatic carbocycles. The average molecular weight is 311 g/mol. The quantitative estimate of drug-likeness (QED) is 0.787. The van der Waals surface area contributed by atoms with Gasteiger partial charge in [-0.15, -0.1) is 0 Å². The number of rotatable bonds is 5. The van der Waals surface area contributed by atoms with Gasteiger partial charge in [-0.2, -0.15) is 0 Å². The lowest BCUT2D eigenvalue weighted by Gasteiger charge is -2.13. The molecule has 23 heavy (non-hydrogen) atoms. The van der Waals surface area contributed by atoms with Crippen molar-refractivity contribution in [2.24, 2.45) is 0 Å². The van der Waals surface area contributed by atoms with Crippen molar-refractivity contribution in [2.75, 3.05) is 16.0 Å². The van der Waals surface area contributed by atoms with Crippen molar-refractivity contribution < 1.29 is 4.79 Å².